The molecule has 2 amide bonds. The van der Waals surface area contributed by atoms with Crippen LogP contribution in [0.3, 0.4) is 0 Å². The Morgan fingerprint density at radius 3 is 2.20 bits per heavy atom. The minimum Gasteiger partial charge on any atom is -0.482 e. The van der Waals surface area contributed by atoms with Crippen molar-refractivity contribution < 1.29 is 19.1 Å². The van der Waals surface area contributed by atoms with Crippen molar-refractivity contribution in [3.8, 4) is 5.75 Å². The van der Waals surface area contributed by atoms with Crippen LogP contribution in [0.4, 0.5) is 4.79 Å². The number of ether oxygens (including phenoxy) is 2. The summed E-state index contributed by atoms with van der Waals surface area (Å²) in [5.41, 5.74) is 2.81. The van der Waals surface area contributed by atoms with Crippen molar-refractivity contribution in [2.24, 2.45) is 5.92 Å². The van der Waals surface area contributed by atoms with E-state index in [-0.39, 0.29) is 17.9 Å². The summed E-state index contributed by atoms with van der Waals surface area (Å²) in [6, 6.07) is 16.0. The number of hydrogen-bond donors (Lipinski definition) is 0. The maximum absolute atomic E-state index is 12.8. The normalized spacial score (nSPS) is 19.5. The third-order valence-electron chi connectivity index (χ3n) is 7.11. The molecule has 3 unspecified atom stereocenters. The monoisotopic (exact) mass is 568 g/mol. The van der Waals surface area contributed by atoms with Gasteiger partial charge in [0.2, 0.25) is 0 Å². The van der Waals surface area contributed by atoms with E-state index in [1.54, 1.807) is 4.90 Å². The first-order valence-corrected chi connectivity index (χ1v) is 15.7. The maximum atomic E-state index is 12.8. The van der Waals surface area contributed by atoms with E-state index in [1.807, 2.05) is 102 Å². The first kappa shape index (κ1) is 33.4. The summed E-state index contributed by atoms with van der Waals surface area (Å²) in [4.78, 5) is 29.1. The number of para-hydroxylation sites is 1. The minimum atomic E-state index is -0.530. The summed E-state index contributed by atoms with van der Waals surface area (Å²) in [5.74, 6) is 0.953. The predicted molar refractivity (Wildman–Crippen MR) is 169 cm³/mol. The van der Waals surface area contributed by atoms with Gasteiger partial charge in [-0.15, -0.1) is 9.24 Å². The SMILES string of the molecule is CC.CCN(CC)C(=O)c1ccc(C2=CC3(CCN(C(=O)OC(C)(C)C)CC3C)Oc3ccccc32)cc1.CP. The molecule has 2 aromatic rings. The van der Waals surface area contributed by atoms with Crippen LogP contribution >= 0.6 is 9.24 Å². The van der Waals surface area contributed by atoms with Crippen LogP contribution in [0.5, 0.6) is 5.75 Å². The zero-order valence-electron chi connectivity index (χ0n) is 25.9. The molecule has 4 rings (SSSR count). The van der Waals surface area contributed by atoms with E-state index in [4.69, 9.17) is 9.47 Å². The van der Waals surface area contributed by atoms with Crippen LogP contribution < -0.4 is 4.74 Å². The molecule has 7 heteroatoms. The number of piperidine rings is 1. The first-order valence-electron chi connectivity index (χ1n) is 14.5. The van der Waals surface area contributed by atoms with Gasteiger partial charge in [0.15, 0.2) is 0 Å². The quantitative estimate of drug-likeness (QED) is 0.358. The van der Waals surface area contributed by atoms with Crippen molar-refractivity contribution in [1.29, 1.82) is 0 Å². The van der Waals surface area contributed by atoms with E-state index in [2.05, 4.69) is 28.3 Å². The predicted octanol–water partition coefficient (Wildman–Crippen LogP) is 7.53. The lowest BCUT2D eigenvalue weighted by Crippen LogP contribution is -2.55. The highest BCUT2D eigenvalue weighted by Gasteiger charge is 2.45. The molecule has 6 nitrogen and oxygen atoms in total. The van der Waals surface area contributed by atoms with Crippen LogP contribution in [0.25, 0.3) is 5.57 Å². The fourth-order valence-corrected chi connectivity index (χ4v) is 5.05. The fourth-order valence-electron chi connectivity index (χ4n) is 5.05. The molecule has 2 aliphatic heterocycles. The highest BCUT2D eigenvalue weighted by molar-refractivity contribution is 7.15. The Morgan fingerprint density at radius 1 is 1.05 bits per heavy atom. The van der Waals surface area contributed by atoms with Gasteiger partial charge in [0.1, 0.15) is 17.0 Å². The molecule has 0 aliphatic carbocycles. The van der Waals surface area contributed by atoms with E-state index >= 15 is 0 Å². The number of hydrogen-bond acceptors (Lipinski definition) is 4. The van der Waals surface area contributed by atoms with Gasteiger partial charge < -0.3 is 19.3 Å². The topological polar surface area (TPSA) is 59.1 Å². The summed E-state index contributed by atoms with van der Waals surface area (Å²) < 4.78 is 12.3. The summed E-state index contributed by atoms with van der Waals surface area (Å²) >= 11 is 0. The number of fused-ring (bicyclic) bond motifs is 1. The van der Waals surface area contributed by atoms with Gasteiger partial charge in [0.05, 0.1) is 0 Å². The zero-order chi connectivity index (χ0) is 30.1. The number of nitrogens with zero attached hydrogens (tertiary/aromatic N) is 2. The number of carbonyl (C=O) groups excluding carboxylic acids is 2. The standard InChI is InChI=1S/C30H38N2O4.C2H6.CH5P/c1-7-31(8-2)27(33)23-15-13-22(14-16-23)25-19-30(35-26-12-10-9-11-24(25)26)17-18-32(20-21(30)3)28(34)36-29(4,5)6;2*1-2/h9-16,19,21H,7-8,17-18,20H2,1-6H3;1-2H3;2H2,1H3. The molecule has 2 aromatic carbocycles. The van der Waals surface area contributed by atoms with Crippen LogP contribution in [-0.2, 0) is 4.74 Å². The average Bonchev–Trinajstić information content (AvgIpc) is 2.96. The molecule has 0 radical (unpaired) electrons. The lowest BCUT2D eigenvalue weighted by molar-refractivity contribution is -0.0261. The van der Waals surface area contributed by atoms with Crippen molar-refractivity contribution in [3.63, 3.8) is 0 Å². The number of amides is 2. The smallest absolute Gasteiger partial charge is 0.410 e. The molecule has 3 atom stereocenters. The number of likely N-dealkylation sites (tertiary alicyclic amines) is 1. The van der Waals surface area contributed by atoms with Crippen molar-refractivity contribution >= 4 is 26.8 Å². The van der Waals surface area contributed by atoms with Gasteiger partial charge in [-0.1, -0.05) is 57.8 Å². The minimum absolute atomic E-state index is 0.0486. The lowest BCUT2D eigenvalue weighted by atomic mass is 9.77. The third-order valence-corrected chi connectivity index (χ3v) is 7.11. The van der Waals surface area contributed by atoms with Crippen LogP contribution in [0, 0.1) is 5.92 Å². The summed E-state index contributed by atoms with van der Waals surface area (Å²) in [7, 11) is 2.42. The molecule has 1 fully saturated rings. The van der Waals surface area contributed by atoms with Crippen molar-refractivity contribution in [3.05, 3.63) is 71.3 Å². The molecule has 2 heterocycles. The zero-order valence-corrected chi connectivity index (χ0v) is 27.1. The molecule has 2 aliphatic rings. The van der Waals surface area contributed by atoms with Crippen LogP contribution in [0.2, 0.25) is 0 Å². The van der Waals surface area contributed by atoms with Gasteiger partial charge in [-0.2, -0.15) is 0 Å². The highest BCUT2D eigenvalue weighted by atomic mass is 31.0. The summed E-state index contributed by atoms with van der Waals surface area (Å²) in [6.45, 7) is 20.2. The summed E-state index contributed by atoms with van der Waals surface area (Å²) in [5, 5.41) is 0. The fraction of sp³-hybridized carbons (Fsp3) is 0.515. The molecule has 0 bridgehead atoms. The van der Waals surface area contributed by atoms with Crippen LogP contribution in [0.15, 0.2) is 54.6 Å². The second-order valence-corrected chi connectivity index (χ2v) is 10.7. The second-order valence-electron chi connectivity index (χ2n) is 10.7. The summed E-state index contributed by atoms with van der Waals surface area (Å²) in [6.07, 6.45) is 2.62. The average molecular weight is 569 g/mol. The van der Waals surface area contributed by atoms with E-state index in [0.29, 0.717) is 38.2 Å². The number of rotatable bonds is 4. The van der Waals surface area contributed by atoms with Gasteiger partial charge in [0, 0.05) is 49.6 Å². The van der Waals surface area contributed by atoms with Crippen molar-refractivity contribution in [2.75, 3.05) is 32.8 Å². The Balaban J connectivity index is 0.00000134. The van der Waals surface area contributed by atoms with Crippen molar-refractivity contribution in [1.82, 2.24) is 9.80 Å². The third kappa shape index (κ3) is 7.66. The molecule has 0 saturated carbocycles. The lowest BCUT2D eigenvalue weighted by Gasteiger charge is -2.47. The Hall–Kier alpha value is -2.85. The Labute approximate surface area is 244 Å². The van der Waals surface area contributed by atoms with E-state index < -0.39 is 11.2 Å². The Morgan fingerprint density at radius 2 is 1.65 bits per heavy atom. The largest absolute Gasteiger partial charge is 0.482 e. The molecule has 0 aromatic heterocycles. The Bertz CT molecular complexity index is 1150. The molecule has 0 N–H and O–H groups in total. The van der Waals surface area contributed by atoms with Gasteiger partial charge in [-0.05, 0) is 70.0 Å². The van der Waals surface area contributed by atoms with E-state index in [1.165, 1.54) is 0 Å². The molecular weight excluding hydrogens is 519 g/mol. The van der Waals surface area contributed by atoms with E-state index in [9.17, 15) is 9.59 Å². The van der Waals surface area contributed by atoms with Gasteiger partial charge in [0.25, 0.3) is 5.91 Å². The molecule has 1 spiro atoms. The highest BCUT2D eigenvalue weighted by Crippen LogP contribution is 2.45. The van der Waals surface area contributed by atoms with Crippen molar-refractivity contribution in [2.45, 2.75) is 73.0 Å². The Kier molecular flexibility index (Phi) is 12.2. The first-order chi connectivity index (χ1) is 19.1. The van der Waals surface area contributed by atoms with E-state index in [0.717, 1.165) is 22.4 Å². The molecular formula is C33H49N2O4P. The van der Waals surface area contributed by atoms with Gasteiger partial charge in [-0.3, -0.25) is 4.79 Å². The molecule has 1 saturated heterocycles. The molecule has 40 heavy (non-hydrogen) atoms. The molecule has 220 valence electrons. The van der Waals surface area contributed by atoms with Crippen LogP contribution in [0.1, 0.15) is 83.3 Å². The second kappa shape index (κ2) is 14.7. The number of benzene rings is 2. The van der Waals surface area contributed by atoms with Gasteiger partial charge in [-0.25, -0.2) is 4.79 Å². The maximum Gasteiger partial charge on any atom is 0.410 e. The number of carbonyl (C=O) groups is 2. The van der Waals surface area contributed by atoms with Crippen LogP contribution in [-0.4, -0.2) is 65.8 Å². The van der Waals surface area contributed by atoms with Gasteiger partial charge >= 0.3 is 6.09 Å².